The van der Waals surface area contributed by atoms with Crippen molar-refractivity contribution in [3.05, 3.63) is 59.8 Å². The maximum Gasteiger partial charge on any atom is 0.239 e. The van der Waals surface area contributed by atoms with Crippen molar-refractivity contribution < 1.29 is 13.6 Å². The van der Waals surface area contributed by atoms with E-state index in [1.807, 2.05) is 0 Å². The lowest BCUT2D eigenvalue weighted by Gasteiger charge is -2.14. The van der Waals surface area contributed by atoms with E-state index >= 15 is 0 Å². The number of hydrogen-bond donors (Lipinski definition) is 2. The van der Waals surface area contributed by atoms with Crippen molar-refractivity contribution in [3.63, 3.8) is 0 Å². The van der Waals surface area contributed by atoms with Crippen LogP contribution in [0.5, 0.6) is 0 Å². The van der Waals surface area contributed by atoms with E-state index in [-0.39, 0.29) is 5.82 Å². The summed E-state index contributed by atoms with van der Waals surface area (Å²) >= 11 is 0. The Morgan fingerprint density at radius 1 is 1.33 bits per heavy atom. The number of primary amides is 1. The van der Waals surface area contributed by atoms with Crippen LogP contribution in [0.25, 0.3) is 0 Å². The van der Waals surface area contributed by atoms with Gasteiger partial charge in [0, 0.05) is 0 Å². The summed E-state index contributed by atoms with van der Waals surface area (Å²) in [7, 11) is 0. The first-order chi connectivity index (χ1) is 8.66. The normalized spacial score (nSPS) is 12.3. The smallest absolute Gasteiger partial charge is 0.239 e. The molecule has 2 aromatic rings. The summed E-state index contributed by atoms with van der Waals surface area (Å²) in [4.78, 5) is 11.4. The Labute approximate surface area is 104 Å². The van der Waals surface area contributed by atoms with Crippen molar-refractivity contribution in [2.75, 3.05) is 0 Å². The van der Waals surface area contributed by atoms with Crippen molar-refractivity contribution in [2.45, 2.75) is 12.6 Å². The van der Waals surface area contributed by atoms with Crippen LogP contribution in [-0.2, 0) is 11.3 Å². The molecule has 0 saturated heterocycles. The Balaban J connectivity index is 2.08. The minimum absolute atomic E-state index is 0.354. The first-order valence-electron chi connectivity index (χ1n) is 5.47. The number of hydrogen-bond acceptors (Lipinski definition) is 3. The average molecular weight is 248 g/mol. The largest absolute Gasteiger partial charge is 0.468 e. The zero-order valence-electron chi connectivity index (χ0n) is 9.60. The standard InChI is InChI=1S/C13H13FN2O2/c14-10-5-3-9(4-6-10)12(13(15)17)16-8-11-2-1-7-18-11/h1-7,12,16H,8H2,(H2,15,17). The SMILES string of the molecule is NC(=O)C(NCc1ccco1)c1ccc(F)cc1. The molecule has 1 atom stereocenters. The van der Waals surface area contributed by atoms with Crippen LogP contribution < -0.4 is 11.1 Å². The van der Waals surface area contributed by atoms with Gasteiger partial charge in [-0.3, -0.25) is 10.1 Å². The predicted octanol–water partition coefficient (Wildman–Crippen LogP) is 1.73. The molecule has 18 heavy (non-hydrogen) atoms. The van der Waals surface area contributed by atoms with Crippen LogP contribution in [0.15, 0.2) is 47.1 Å². The van der Waals surface area contributed by atoms with Gasteiger partial charge in [-0.15, -0.1) is 0 Å². The van der Waals surface area contributed by atoms with E-state index in [1.54, 1.807) is 18.4 Å². The van der Waals surface area contributed by atoms with E-state index in [9.17, 15) is 9.18 Å². The fourth-order valence-electron chi connectivity index (χ4n) is 1.65. The number of nitrogens with one attached hydrogen (secondary N) is 1. The number of furan rings is 1. The molecule has 4 nitrogen and oxygen atoms in total. The molecule has 1 aromatic heterocycles. The van der Waals surface area contributed by atoms with Crippen molar-refractivity contribution in [1.82, 2.24) is 5.32 Å². The lowest BCUT2D eigenvalue weighted by molar-refractivity contribution is -0.120. The lowest BCUT2D eigenvalue weighted by Crippen LogP contribution is -2.33. The van der Waals surface area contributed by atoms with Gasteiger partial charge in [0.25, 0.3) is 0 Å². The van der Waals surface area contributed by atoms with Gasteiger partial charge in [0.15, 0.2) is 0 Å². The minimum atomic E-state index is -0.671. The van der Waals surface area contributed by atoms with Gasteiger partial charge in [0.2, 0.25) is 5.91 Å². The fourth-order valence-corrected chi connectivity index (χ4v) is 1.65. The predicted molar refractivity (Wildman–Crippen MR) is 63.9 cm³/mol. The number of halogens is 1. The first kappa shape index (κ1) is 12.3. The number of nitrogens with two attached hydrogens (primary N) is 1. The van der Waals surface area contributed by atoms with Crippen LogP contribution in [0.4, 0.5) is 4.39 Å². The van der Waals surface area contributed by atoms with Crippen LogP contribution in [0.3, 0.4) is 0 Å². The molecule has 94 valence electrons. The molecule has 5 heteroatoms. The molecule has 2 rings (SSSR count). The lowest BCUT2D eigenvalue weighted by atomic mass is 10.1. The molecule has 1 heterocycles. The van der Waals surface area contributed by atoms with Gasteiger partial charge < -0.3 is 10.2 Å². The van der Waals surface area contributed by atoms with E-state index in [0.29, 0.717) is 17.9 Å². The monoisotopic (exact) mass is 248 g/mol. The highest BCUT2D eigenvalue weighted by Crippen LogP contribution is 2.14. The van der Waals surface area contributed by atoms with E-state index in [1.165, 1.54) is 24.3 Å². The highest BCUT2D eigenvalue weighted by atomic mass is 19.1. The van der Waals surface area contributed by atoms with E-state index in [0.717, 1.165) is 0 Å². The zero-order valence-corrected chi connectivity index (χ0v) is 9.60. The second kappa shape index (κ2) is 5.46. The molecule has 3 N–H and O–H groups in total. The van der Waals surface area contributed by atoms with Gasteiger partial charge in [0.05, 0.1) is 12.8 Å². The topological polar surface area (TPSA) is 68.3 Å². The maximum atomic E-state index is 12.8. The molecule has 1 unspecified atom stereocenters. The summed E-state index contributed by atoms with van der Waals surface area (Å²) in [6.45, 7) is 0.373. The molecule has 0 spiro atoms. The Kier molecular flexibility index (Phi) is 3.74. The molecule has 0 aliphatic carbocycles. The summed E-state index contributed by atoms with van der Waals surface area (Å²) < 4.78 is 18.0. The highest BCUT2D eigenvalue weighted by Gasteiger charge is 2.17. The van der Waals surface area contributed by atoms with Gasteiger partial charge in [-0.25, -0.2) is 4.39 Å². The fraction of sp³-hybridized carbons (Fsp3) is 0.154. The number of carbonyl (C=O) groups is 1. The van der Waals surface area contributed by atoms with E-state index in [2.05, 4.69) is 5.32 Å². The second-order valence-electron chi connectivity index (χ2n) is 3.85. The zero-order chi connectivity index (χ0) is 13.0. The second-order valence-corrected chi connectivity index (χ2v) is 3.85. The van der Waals surface area contributed by atoms with Gasteiger partial charge in [-0.1, -0.05) is 12.1 Å². The van der Waals surface area contributed by atoms with Gasteiger partial charge in [-0.05, 0) is 29.8 Å². The molecule has 0 fully saturated rings. The number of benzene rings is 1. The van der Waals surface area contributed by atoms with Gasteiger partial charge >= 0.3 is 0 Å². The highest BCUT2D eigenvalue weighted by molar-refractivity contribution is 5.81. The van der Waals surface area contributed by atoms with Crippen LogP contribution >= 0.6 is 0 Å². The molecule has 1 aromatic carbocycles. The summed E-state index contributed by atoms with van der Waals surface area (Å²) in [5, 5.41) is 2.97. The Morgan fingerprint density at radius 3 is 2.61 bits per heavy atom. The summed E-state index contributed by atoms with van der Waals surface area (Å²) in [6, 6.07) is 8.51. The number of carbonyl (C=O) groups excluding carboxylic acids is 1. The summed E-state index contributed by atoms with van der Waals surface area (Å²) in [5.74, 6) is -0.176. The van der Waals surface area contributed by atoms with Crippen LogP contribution in [-0.4, -0.2) is 5.91 Å². The van der Waals surface area contributed by atoms with Crippen molar-refractivity contribution >= 4 is 5.91 Å². The van der Waals surface area contributed by atoms with Crippen LogP contribution in [0.2, 0.25) is 0 Å². The third-order valence-corrected chi connectivity index (χ3v) is 2.55. The Hall–Kier alpha value is -2.14. The maximum absolute atomic E-state index is 12.8. The summed E-state index contributed by atoms with van der Waals surface area (Å²) in [6.07, 6.45) is 1.55. The van der Waals surface area contributed by atoms with Crippen LogP contribution in [0.1, 0.15) is 17.4 Å². The quantitative estimate of drug-likeness (QED) is 0.846. The molecule has 0 aliphatic rings. The molecule has 0 radical (unpaired) electrons. The Morgan fingerprint density at radius 2 is 2.06 bits per heavy atom. The van der Waals surface area contributed by atoms with Crippen molar-refractivity contribution in [3.8, 4) is 0 Å². The van der Waals surface area contributed by atoms with Crippen molar-refractivity contribution in [2.24, 2.45) is 5.73 Å². The third kappa shape index (κ3) is 2.95. The average Bonchev–Trinajstić information content (AvgIpc) is 2.84. The molecular formula is C13H13FN2O2. The van der Waals surface area contributed by atoms with E-state index in [4.69, 9.17) is 10.2 Å². The van der Waals surface area contributed by atoms with Crippen molar-refractivity contribution in [1.29, 1.82) is 0 Å². The Bertz CT molecular complexity index is 508. The molecule has 0 saturated carbocycles. The molecule has 0 bridgehead atoms. The first-order valence-corrected chi connectivity index (χ1v) is 5.47. The number of amides is 1. The third-order valence-electron chi connectivity index (χ3n) is 2.55. The van der Waals surface area contributed by atoms with Gasteiger partial charge in [-0.2, -0.15) is 0 Å². The minimum Gasteiger partial charge on any atom is -0.468 e. The van der Waals surface area contributed by atoms with Gasteiger partial charge in [0.1, 0.15) is 17.6 Å². The summed E-state index contributed by atoms with van der Waals surface area (Å²) in [5.41, 5.74) is 5.94. The van der Waals surface area contributed by atoms with E-state index < -0.39 is 11.9 Å². The van der Waals surface area contributed by atoms with Crippen LogP contribution in [0, 0.1) is 5.82 Å². The number of rotatable bonds is 5. The molecule has 0 aliphatic heterocycles. The molecular weight excluding hydrogens is 235 g/mol. The molecule has 1 amide bonds.